The van der Waals surface area contributed by atoms with Crippen LogP contribution in [-0.4, -0.2) is 30.5 Å². The predicted octanol–water partition coefficient (Wildman–Crippen LogP) is 2.58. The monoisotopic (exact) mass is 309 g/mol. The Morgan fingerprint density at radius 3 is 2.87 bits per heavy atom. The Kier molecular flexibility index (Phi) is 5.25. The highest BCUT2D eigenvalue weighted by atomic mass is 16.1. The van der Waals surface area contributed by atoms with E-state index in [1.807, 2.05) is 12.1 Å². The van der Waals surface area contributed by atoms with E-state index >= 15 is 0 Å². The SMILES string of the molecule is O=C(CCc1ccncc1)NCCN1CCCc2ccccc21. The lowest BCUT2D eigenvalue weighted by atomic mass is 10.0. The van der Waals surface area contributed by atoms with Gasteiger partial charge in [0, 0.05) is 44.1 Å². The van der Waals surface area contributed by atoms with Gasteiger partial charge in [0.15, 0.2) is 0 Å². The molecule has 0 atom stereocenters. The molecule has 1 amide bonds. The van der Waals surface area contributed by atoms with Gasteiger partial charge in [-0.1, -0.05) is 18.2 Å². The molecule has 1 aliphatic heterocycles. The minimum atomic E-state index is 0.118. The van der Waals surface area contributed by atoms with Gasteiger partial charge in [-0.05, 0) is 48.6 Å². The summed E-state index contributed by atoms with van der Waals surface area (Å²) in [6.07, 6.45) is 7.17. The van der Waals surface area contributed by atoms with Crippen LogP contribution in [0.2, 0.25) is 0 Å². The van der Waals surface area contributed by atoms with Gasteiger partial charge in [-0.15, -0.1) is 0 Å². The second kappa shape index (κ2) is 7.77. The standard InChI is InChI=1S/C19H23N3O/c23-19(8-7-16-9-11-20-12-10-16)21-13-15-22-14-3-5-17-4-1-2-6-18(17)22/h1-2,4,6,9-12H,3,5,7-8,13-15H2,(H,21,23). The molecule has 0 saturated carbocycles. The number of anilines is 1. The number of hydrogen-bond donors (Lipinski definition) is 1. The predicted molar refractivity (Wildman–Crippen MR) is 92.5 cm³/mol. The highest BCUT2D eigenvalue weighted by Crippen LogP contribution is 2.25. The number of amides is 1. The molecule has 0 radical (unpaired) electrons. The van der Waals surface area contributed by atoms with Crippen LogP contribution in [0.25, 0.3) is 0 Å². The fourth-order valence-corrected chi connectivity index (χ4v) is 3.07. The van der Waals surface area contributed by atoms with Crippen molar-refractivity contribution in [2.45, 2.75) is 25.7 Å². The van der Waals surface area contributed by atoms with Gasteiger partial charge in [0.2, 0.25) is 5.91 Å². The largest absolute Gasteiger partial charge is 0.370 e. The number of hydrogen-bond acceptors (Lipinski definition) is 3. The molecular weight excluding hydrogens is 286 g/mol. The van der Waals surface area contributed by atoms with Crippen molar-refractivity contribution in [3.63, 3.8) is 0 Å². The summed E-state index contributed by atoms with van der Waals surface area (Å²) >= 11 is 0. The molecule has 0 aliphatic carbocycles. The summed E-state index contributed by atoms with van der Waals surface area (Å²) in [6, 6.07) is 12.5. The summed E-state index contributed by atoms with van der Waals surface area (Å²) < 4.78 is 0. The smallest absolute Gasteiger partial charge is 0.220 e. The number of aryl methyl sites for hydroxylation is 2. The van der Waals surface area contributed by atoms with Gasteiger partial charge in [-0.25, -0.2) is 0 Å². The molecule has 0 unspecified atom stereocenters. The minimum absolute atomic E-state index is 0.118. The molecule has 0 spiro atoms. The molecule has 0 fully saturated rings. The van der Waals surface area contributed by atoms with Crippen molar-refractivity contribution in [3.8, 4) is 0 Å². The third kappa shape index (κ3) is 4.31. The number of nitrogens with zero attached hydrogens (tertiary/aromatic N) is 2. The van der Waals surface area contributed by atoms with Crippen LogP contribution in [0.3, 0.4) is 0 Å². The van der Waals surface area contributed by atoms with E-state index < -0.39 is 0 Å². The summed E-state index contributed by atoms with van der Waals surface area (Å²) in [4.78, 5) is 18.3. The van der Waals surface area contributed by atoms with Crippen LogP contribution in [0, 0.1) is 0 Å². The van der Waals surface area contributed by atoms with Crippen LogP contribution in [0.4, 0.5) is 5.69 Å². The molecule has 2 heterocycles. The van der Waals surface area contributed by atoms with Crippen LogP contribution < -0.4 is 10.2 Å². The molecule has 1 N–H and O–H groups in total. The van der Waals surface area contributed by atoms with Crippen LogP contribution in [0.5, 0.6) is 0 Å². The number of nitrogens with one attached hydrogen (secondary N) is 1. The average molecular weight is 309 g/mol. The van der Waals surface area contributed by atoms with Gasteiger partial charge >= 0.3 is 0 Å². The summed E-state index contributed by atoms with van der Waals surface area (Å²) in [7, 11) is 0. The molecule has 0 saturated heterocycles. The van der Waals surface area contributed by atoms with Crippen molar-refractivity contribution in [1.82, 2.24) is 10.3 Å². The van der Waals surface area contributed by atoms with E-state index in [1.54, 1.807) is 12.4 Å². The quantitative estimate of drug-likeness (QED) is 0.892. The summed E-state index contributed by atoms with van der Waals surface area (Å²) in [5, 5.41) is 3.03. The molecule has 1 aromatic heterocycles. The normalized spacial score (nSPS) is 13.5. The van der Waals surface area contributed by atoms with Crippen molar-refractivity contribution < 1.29 is 4.79 Å². The second-order valence-corrected chi connectivity index (χ2v) is 5.92. The molecule has 1 aromatic carbocycles. The van der Waals surface area contributed by atoms with Gasteiger partial charge < -0.3 is 10.2 Å². The van der Waals surface area contributed by atoms with Crippen molar-refractivity contribution in [2.75, 3.05) is 24.5 Å². The summed E-state index contributed by atoms with van der Waals surface area (Å²) in [6.45, 7) is 2.64. The Morgan fingerprint density at radius 1 is 1.17 bits per heavy atom. The lowest BCUT2D eigenvalue weighted by molar-refractivity contribution is -0.120. The molecule has 3 rings (SSSR count). The highest BCUT2D eigenvalue weighted by Gasteiger charge is 2.15. The van der Waals surface area contributed by atoms with Crippen LogP contribution in [0.15, 0.2) is 48.8 Å². The number of aromatic nitrogens is 1. The maximum atomic E-state index is 12.0. The van der Waals surface area contributed by atoms with E-state index in [1.165, 1.54) is 17.7 Å². The molecule has 1 aliphatic rings. The van der Waals surface area contributed by atoms with Crippen LogP contribution in [0.1, 0.15) is 24.0 Å². The second-order valence-electron chi connectivity index (χ2n) is 5.92. The summed E-state index contributed by atoms with van der Waals surface area (Å²) in [5.41, 5.74) is 3.90. The number of benzene rings is 1. The minimum Gasteiger partial charge on any atom is -0.370 e. The van der Waals surface area contributed by atoms with Crippen molar-refractivity contribution in [3.05, 3.63) is 59.9 Å². The third-order valence-corrected chi connectivity index (χ3v) is 4.30. The summed E-state index contributed by atoms with van der Waals surface area (Å²) in [5.74, 6) is 0.118. The first-order valence-corrected chi connectivity index (χ1v) is 8.31. The van der Waals surface area contributed by atoms with Gasteiger partial charge in [0.1, 0.15) is 0 Å². The lowest BCUT2D eigenvalue weighted by Crippen LogP contribution is -2.37. The lowest BCUT2D eigenvalue weighted by Gasteiger charge is -2.31. The van der Waals surface area contributed by atoms with E-state index in [9.17, 15) is 4.79 Å². The molecule has 4 nitrogen and oxygen atoms in total. The van der Waals surface area contributed by atoms with Crippen LogP contribution >= 0.6 is 0 Å². The van der Waals surface area contributed by atoms with E-state index in [0.29, 0.717) is 13.0 Å². The van der Waals surface area contributed by atoms with E-state index in [-0.39, 0.29) is 5.91 Å². The average Bonchev–Trinajstić information content (AvgIpc) is 2.61. The number of pyridine rings is 1. The van der Waals surface area contributed by atoms with E-state index in [2.05, 4.69) is 39.5 Å². The first kappa shape index (κ1) is 15.5. The first-order valence-electron chi connectivity index (χ1n) is 8.31. The van der Waals surface area contributed by atoms with E-state index in [4.69, 9.17) is 0 Å². The molecular formula is C19H23N3O. The Morgan fingerprint density at radius 2 is 2.00 bits per heavy atom. The third-order valence-electron chi connectivity index (χ3n) is 4.30. The van der Waals surface area contributed by atoms with Gasteiger partial charge in [0.25, 0.3) is 0 Å². The maximum Gasteiger partial charge on any atom is 0.220 e. The van der Waals surface area contributed by atoms with Crippen molar-refractivity contribution in [1.29, 1.82) is 0 Å². The number of fused-ring (bicyclic) bond motifs is 1. The van der Waals surface area contributed by atoms with E-state index in [0.717, 1.165) is 31.5 Å². The Labute approximate surface area is 137 Å². The first-order chi connectivity index (χ1) is 11.3. The number of carbonyl (C=O) groups excluding carboxylic acids is 1. The molecule has 23 heavy (non-hydrogen) atoms. The zero-order valence-corrected chi connectivity index (χ0v) is 13.4. The van der Waals surface area contributed by atoms with Crippen molar-refractivity contribution >= 4 is 11.6 Å². The molecule has 4 heteroatoms. The fraction of sp³-hybridized carbons (Fsp3) is 0.368. The van der Waals surface area contributed by atoms with Gasteiger partial charge in [-0.3, -0.25) is 9.78 Å². The molecule has 0 bridgehead atoms. The Bertz CT molecular complexity index is 642. The highest BCUT2D eigenvalue weighted by molar-refractivity contribution is 5.76. The Hall–Kier alpha value is -2.36. The van der Waals surface area contributed by atoms with Crippen LogP contribution in [-0.2, 0) is 17.6 Å². The maximum absolute atomic E-state index is 12.0. The number of para-hydroxylation sites is 1. The zero-order chi connectivity index (χ0) is 15.9. The Balaban J connectivity index is 1.42. The fourth-order valence-electron chi connectivity index (χ4n) is 3.07. The molecule has 2 aromatic rings. The van der Waals surface area contributed by atoms with Gasteiger partial charge in [-0.2, -0.15) is 0 Å². The van der Waals surface area contributed by atoms with Crippen molar-refractivity contribution in [2.24, 2.45) is 0 Å². The number of rotatable bonds is 6. The zero-order valence-electron chi connectivity index (χ0n) is 13.4. The topological polar surface area (TPSA) is 45.2 Å². The molecule has 120 valence electrons. The van der Waals surface area contributed by atoms with Gasteiger partial charge in [0.05, 0.1) is 0 Å². The number of carbonyl (C=O) groups is 1.